The van der Waals surface area contributed by atoms with Crippen LogP contribution in [-0.4, -0.2) is 122 Å². The van der Waals surface area contributed by atoms with Crippen LogP contribution in [0.25, 0.3) is 33.4 Å². The Morgan fingerprint density at radius 1 is 0.500 bits per heavy atom. The first kappa shape index (κ1) is 79.7. The van der Waals surface area contributed by atoms with E-state index in [2.05, 4.69) is 131 Å². The summed E-state index contributed by atoms with van der Waals surface area (Å²) in [6.07, 6.45) is 11.4. The van der Waals surface area contributed by atoms with Crippen molar-refractivity contribution in [3.8, 4) is 17.2 Å². The number of nitrogens with zero attached hydrogens (tertiary/aromatic N) is 2. The molecule has 3 heterocycles. The molecule has 0 spiro atoms. The van der Waals surface area contributed by atoms with Gasteiger partial charge in [0.2, 0.25) is 5.91 Å². The van der Waals surface area contributed by atoms with Crippen LogP contribution < -0.4 is 20.6 Å². The van der Waals surface area contributed by atoms with Gasteiger partial charge in [-0.15, -0.1) is 0 Å². The molecule has 0 unspecified atom stereocenters. The van der Waals surface area contributed by atoms with Gasteiger partial charge in [0.1, 0.15) is 17.2 Å². The number of fused-ring (bicyclic) bond motifs is 1. The molecule has 13 rings (SSSR count). The van der Waals surface area contributed by atoms with Crippen molar-refractivity contribution in [3.05, 3.63) is 292 Å². The average molecular weight is 1470 g/mol. The number of rotatable bonds is 27. The predicted molar refractivity (Wildman–Crippen MR) is 446 cm³/mol. The summed E-state index contributed by atoms with van der Waals surface area (Å²) >= 11 is 0. The molecule has 9 aromatic carbocycles. The quantitative estimate of drug-likeness (QED) is 0.0127. The summed E-state index contributed by atoms with van der Waals surface area (Å²) < 4.78 is 18.9. The highest BCUT2D eigenvalue weighted by molar-refractivity contribution is 6.89. The van der Waals surface area contributed by atoms with Crippen molar-refractivity contribution in [3.63, 3.8) is 0 Å². The number of piperidine rings is 1. The molecule has 1 amide bonds. The smallest absolute Gasteiger partial charge is 0.316 e. The number of anilines is 1. The van der Waals surface area contributed by atoms with Crippen molar-refractivity contribution in [2.45, 2.75) is 123 Å². The van der Waals surface area contributed by atoms with Gasteiger partial charge < -0.3 is 40.7 Å². The van der Waals surface area contributed by atoms with Gasteiger partial charge >= 0.3 is 5.97 Å². The Balaban J connectivity index is 0.000000161. The zero-order valence-corrected chi connectivity index (χ0v) is 65.0. The second-order valence-corrected chi connectivity index (χ2v) is 36.1. The summed E-state index contributed by atoms with van der Waals surface area (Å²) in [5, 5.41) is 47.1. The molecule has 564 valence electrons. The van der Waals surface area contributed by atoms with E-state index in [0.29, 0.717) is 50.3 Å². The molecule has 3 saturated heterocycles. The minimum Gasteiger partial charge on any atom is -0.508 e. The van der Waals surface area contributed by atoms with Gasteiger partial charge in [-0.3, -0.25) is 18.9 Å². The maximum absolute atomic E-state index is 13.3. The van der Waals surface area contributed by atoms with Crippen molar-refractivity contribution in [2.75, 3.05) is 77.6 Å². The molecule has 2 atom stereocenters. The first-order chi connectivity index (χ1) is 52.4. The van der Waals surface area contributed by atoms with Gasteiger partial charge in [0.05, 0.1) is 26.7 Å². The number of carbonyl (C=O) groups is 2. The molecule has 4 aliphatic rings. The Morgan fingerprint density at radius 3 is 1.31 bits per heavy atom. The number of alkyl halides is 1. The third-order valence-electron chi connectivity index (χ3n) is 21.8. The zero-order chi connectivity index (χ0) is 75.8. The number of hydrogen-bond donors (Lipinski definition) is 6. The molecule has 9 aromatic rings. The van der Waals surface area contributed by atoms with Crippen molar-refractivity contribution in [2.24, 2.45) is 17.3 Å². The lowest BCUT2D eigenvalue weighted by Crippen LogP contribution is -2.44. The van der Waals surface area contributed by atoms with Crippen LogP contribution >= 0.6 is 0 Å². The Morgan fingerprint density at radius 2 is 0.907 bits per heavy atom. The first-order valence-electron chi connectivity index (χ1n) is 39.3. The Bertz CT molecular complexity index is 4390. The molecular weight excluding hydrogens is 1360 g/mol. The van der Waals surface area contributed by atoms with E-state index in [9.17, 15) is 34.4 Å². The molecular formula is C95H111FN4O7Si. The van der Waals surface area contributed by atoms with Crippen molar-refractivity contribution < 1.29 is 39.1 Å². The lowest BCUT2D eigenvalue weighted by atomic mass is 9.79. The number of nitrogens with one attached hydrogen (secondary N) is 2. The van der Waals surface area contributed by atoms with Crippen LogP contribution in [-0.2, 0) is 9.59 Å². The number of esters is 1. The molecule has 108 heavy (non-hydrogen) atoms. The van der Waals surface area contributed by atoms with E-state index in [-0.39, 0.29) is 43.3 Å². The summed E-state index contributed by atoms with van der Waals surface area (Å²) in [6.45, 7) is 19.0. The summed E-state index contributed by atoms with van der Waals surface area (Å²) in [5.41, 5.74) is 18.2. The number of carbonyl (C=O) groups excluding carboxylic acids is 2. The minimum atomic E-state index is -1.58. The number of phenols is 2. The molecule has 6 N–H and O–H groups in total. The van der Waals surface area contributed by atoms with E-state index < -0.39 is 13.5 Å². The molecule has 0 radical (unpaired) electrons. The van der Waals surface area contributed by atoms with E-state index >= 15 is 0 Å². The number of benzene rings is 9. The van der Waals surface area contributed by atoms with Gasteiger partial charge in [-0.1, -0.05) is 219 Å². The van der Waals surface area contributed by atoms with Crippen molar-refractivity contribution in [1.29, 1.82) is 0 Å². The monoisotopic (exact) mass is 1470 g/mol. The largest absolute Gasteiger partial charge is 0.508 e. The number of aliphatic hydroxyl groups is 2. The fourth-order valence-electron chi connectivity index (χ4n) is 15.4. The lowest BCUT2D eigenvalue weighted by Gasteiger charge is -2.27. The number of halogens is 1. The number of hydrogen-bond acceptors (Lipinski definition) is 10. The summed E-state index contributed by atoms with van der Waals surface area (Å²) in [5.74, 6) is 3.15. The Hall–Kier alpha value is -9.31. The number of phenolic OH excluding ortho intramolecular Hbond substituents is 2. The van der Waals surface area contributed by atoms with Crippen LogP contribution in [0.2, 0.25) is 19.1 Å². The number of allylic oxidation sites excluding steroid dienone is 3. The molecule has 11 nitrogen and oxygen atoms in total. The average Bonchev–Trinajstić information content (AvgIpc) is 0.998. The second-order valence-electron chi connectivity index (χ2n) is 31.2. The van der Waals surface area contributed by atoms with Gasteiger partial charge in [-0.05, 0) is 279 Å². The SMILES string of the molecule is CC(C)(C)C(=O)Oc1ccc(/C(=C(\CCCF)c2ccccc2)c2ccc(C3CCC3)cc2)cc1.C[Si](C)(CCN1C[C@H]2CNC[C@H]2C1)c1ccc(/C(=C(/CCCO)c2ccccc2)c2ccc(O)cc2)cc1.O=C(CN1CCCCC1)Nc1ccc(/C(=C(/CCCO)c2ccccc2)c2ccc(O)cc2)cc1. The highest BCUT2D eigenvalue weighted by Crippen LogP contribution is 2.42. The number of ether oxygens (including phenoxy) is 1. The predicted octanol–water partition coefficient (Wildman–Crippen LogP) is 19.4. The van der Waals surface area contributed by atoms with Gasteiger partial charge in [0.15, 0.2) is 0 Å². The van der Waals surface area contributed by atoms with Gasteiger partial charge in [0.25, 0.3) is 0 Å². The standard InChI is InChI=1S/C33H42N2O2Si.C32H35FO2.C30H34N2O3/c1-38(2,20-18-35-23-28-21-34-22-29(28)24-35)31-16-12-27(13-17-31)33(26-10-14-30(37)15-11-26)32(9-6-19-36)25-7-4-3-5-8-25;1-32(2,3)31(34)35-28-20-18-27(19-21-28)30(26-16-14-24(15-17-26)23-11-7-12-23)29(13-8-22-33)25-9-5-4-6-10-25;33-21-7-10-28(23-8-3-1-4-9-23)30(25-13-17-27(34)18-14-25)24-11-15-26(16-12-24)31-29(35)22-32-19-5-2-6-20-32/h3-5,7-8,10-17,28-29,34,36-37H,6,9,18-24H2,1-2H3;4-6,9-10,14-21,23H,7-8,11-13,22H2,1-3H3;1,3-4,8-9,11-18,33-34H,2,5-7,10,19-22H2,(H,31,35)/b33-32-;30-29+;30-28+/t28-,29+;;. The molecule has 0 aromatic heterocycles. The molecule has 0 bridgehead atoms. The molecule has 4 fully saturated rings. The second kappa shape index (κ2) is 39.2. The number of aromatic hydroxyl groups is 2. The molecule has 1 saturated carbocycles. The van der Waals surface area contributed by atoms with Crippen LogP contribution in [0.1, 0.15) is 159 Å². The molecule has 3 aliphatic heterocycles. The normalized spacial score (nSPS) is 16.8. The molecule has 13 heteroatoms. The minimum absolute atomic E-state index is 0.0156. The third-order valence-corrected chi connectivity index (χ3v) is 25.2. The maximum Gasteiger partial charge on any atom is 0.316 e. The van der Waals surface area contributed by atoms with E-state index in [4.69, 9.17) is 4.74 Å². The summed E-state index contributed by atoms with van der Waals surface area (Å²) in [7, 11) is -1.58. The highest BCUT2D eigenvalue weighted by Gasteiger charge is 2.37. The number of amides is 1. The van der Waals surface area contributed by atoms with E-state index in [0.717, 1.165) is 111 Å². The van der Waals surface area contributed by atoms with Crippen LogP contribution in [0.15, 0.2) is 237 Å². The van der Waals surface area contributed by atoms with Crippen LogP contribution in [0.5, 0.6) is 17.2 Å². The Kier molecular flexibility index (Phi) is 28.9. The van der Waals surface area contributed by atoms with E-state index in [1.165, 1.54) is 97.5 Å². The first-order valence-corrected chi connectivity index (χ1v) is 42.5. The summed E-state index contributed by atoms with van der Waals surface area (Å²) in [6, 6.07) is 80.8. The number of likely N-dealkylation sites (tertiary alicyclic amines) is 2. The number of aliphatic hydroxyl groups excluding tert-OH is 2. The zero-order valence-electron chi connectivity index (χ0n) is 64.0. The van der Waals surface area contributed by atoms with E-state index in [1.54, 1.807) is 24.3 Å². The third kappa shape index (κ3) is 22.0. The van der Waals surface area contributed by atoms with Crippen LogP contribution in [0.3, 0.4) is 0 Å². The van der Waals surface area contributed by atoms with Crippen molar-refractivity contribution in [1.82, 2.24) is 15.1 Å². The lowest BCUT2D eigenvalue weighted by molar-refractivity contribution is -0.143. The fraction of sp³-hybridized carbons (Fsp3) is 0.347. The van der Waals surface area contributed by atoms with Crippen molar-refractivity contribution >= 4 is 64.3 Å². The topological polar surface area (TPSA) is 155 Å². The van der Waals surface area contributed by atoms with Crippen LogP contribution in [0.4, 0.5) is 10.1 Å². The van der Waals surface area contributed by atoms with E-state index in [1.807, 2.05) is 136 Å². The van der Waals surface area contributed by atoms with Crippen LogP contribution in [0, 0.1) is 17.3 Å². The Labute approximate surface area is 642 Å². The highest BCUT2D eigenvalue weighted by atomic mass is 28.3. The maximum atomic E-state index is 13.3. The fourth-order valence-corrected chi connectivity index (χ4v) is 17.6. The molecule has 1 aliphatic carbocycles. The van der Waals surface area contributed by atoms with Gasteiger partial charge in [0, 0.05) is 32.0 Å². The van der Waals surface area contributed by atoms with Gasteiger partial charge in [-0.2, -0.15) is 0 Å². The summed E-state index contributed by atoms with van der Waals surface area (Å²) in [4.78, 5) is 29.8. The van der Waals surface area contributed by atoms with Gasteiger partial charge in [-0.25, -0.2) is 0 Å².